The van der Waals surface area contributed by atoms with Crippen LogP contribution in [-0.4, -0.2) is 35.6 Å². The molecule has 1 rings (SSSR count). The van der Waals surface area contributed by atoms with E-state index in [9.17, 15) is 0 Å². The van der Waals surface area contributed by atoms with Crippen molar-refractivity contribution in [1.82, 2.24) is 0 Å². The summed E-state index contributed by atoms with van der Waals surface area (Å²) < 4.78 is 5.08. The largest absolute Gasteiger partial charge is 0.396 e. The normalized spacial score (nSPS) is 32.7. The van der Waals surface area contributed by atoms with Gasteiger partial charge < -0.3 is 14.9 Å². The number of ether oxygens (including phenoxy) is 1. The first-order chi connectivity index (χ1) is 4.38. The molecular weight excluding hydrogens is 120 g/mol. The molecule has 0 aromatic rings. The monoisotopic (exact) mass is 132 g/mol. The Labute approximate surface area is 54.3 Å². The lowest BCUT2D eigenvalue weighted by Gasteiger charge is -1.86. The van der Waals surface area contributed by atoms with Gasteiger partial charge in [0, 0.05) is 13.2 Å². The molecule has 1 heterocycles. The minimum atomic E-state index is 0.187. The van der Waals surface area contributed by atoms with Crippen LogP contribution in [0.3, 0.4) is 0 Å². The van der Waals surface area contributed by atoms with Gasteiger partial charge >= 0.3 is 0 Å². The van der Waals surface area contributed by atoms with Crippen LogP contribution >= 0.6 is 0 Å². The summed E-state index contributed by atoms with van der Waals surface area (Å²) in [6.07, 6.45) is 1.87. The molecular formula is C6H12O3. The van der Waals surface area contributed by atoms with Gasteiger partial charge in [0.1, 0.15) is 0 Å². The van der Waals surface area contributed by atoms with Crippen molar-refractivity contribution < 1.29 is 14.9 Å². The number of aliphatic hydroxyl groups is 2. The van der Waals surface area contributed by atoms with Crippen LogP contribution in [0.1, 0.15) is 12.8 Å². The van der Waals surface area contributed by atoms with Gasteiger partial charge in [0.15, 0.2) is 0 Å². The average Bonchev–Trinajstić information content (AvgIpc) is 2.50. The SMILES string of the molecule is OCC[C@@H]1O[C@@H]1CCO. The molecule has 0 aromatic carbocycles. The fourth-order valence-electron chi connectivity index (χ4n) is 0.942. The Bertz CT molecular complexity index is 74.4. The first-order valence-corrected chi connectivity index (χ1v) is 3.25. The second-order valence-electron chi connectivity index (χ2n) is 2.24. The lowest BCUT2D eigenvalue weighted by molar-refractivity contribution is 0.253. The maximum absolute atomic E-state index is 8.42. The van der Waals surface area contributed by atoms with E-state index in [-0.39, 0.29) is 25.4 Å². The topological polar surface area (TPSA) is 53.0 Å². The van der Waals surface area contributed by atoms with Gasteiger partial charge in [-0.15, -0.1) is 0 Å². The molecule has 0 aromatic heterocycles. The van der Waals surface area contributed by atoms with Crippen LogP contribution in [0.15, 0.2) is 0 Å². The second kappa shape index (κ2) is 3.15. The van der Waals surface area contributed by atoms with Crippen molar-refractivity contribution in [2.24, 2.45) is 0 Å². The van der Waals surface area contributed by atoms with Gasteiger partial charge in [0.05, 0.1) is 12.2 Å². The third kappa shape index (κ3) is 1.93. The van der Waals surface area contributed by atoms with Crippen molar-refractivity contribution in [2.45, 2.75) is 25.0 Å². The van der Waals surface area contributed by atoms with E-state index in [0.29, 0.717) is 12.8 Å². The Morgan fingerprint density at radius 1 is 1.00 bits per heavy atom. The van der Waals surface area contributed by atoms with Crippen molar-refractivity contribution in [2.75, 3.05) is 13.2 Å². The number of epoxide rings is 1. The summed E-state index contributed by atoms with van der Waals surface area (Å²) in [4.78, 5) is 0. The summed E-state index contributed by atoms with van der Waals surface area (Å²) in [6.45, 7) is 0.374. The summed E-state index contributed by atoms with van der Waals surface area (Å²) in [5.41, 5.74) is 0. The highest BCUT2D eigenvalue weighted by Gasteiger charge is 2.36. The van der Waals surface area contributed by atoms with Crippen LogP contribution in [0.4, 0.5) is 0 Å². The molecule has 2 atom stereocenters. The lowest BCUT2D eigenvalue weighted by Crippen LogP contribution is -1.98. The second-order valence-corrected chi connectivity index (χ2v) is 2.24. The third-order valence-electron chi connectivity index (χ3n) is 1.51. The first-order valence-electron chi connectivity index (χ1n) is 3.25. The summed E-state index contributed by atoms with van der Waals surface area (Å²) >= 11 is 0. The molecule has 1 fully saturated rings. The molecule has 9 heavy (non-hydrogen) atoms. The zero-order valence-electron chi connectivity index (χ0n) is 5.29. The summed E-state index contributed by atoms with van der Waals surface area (Å²) in [6, 6.07) is 0. The molecule has 3 nitrogen and oxygen atoms in total. The molecule has 0 bridgehead atoms. The van der Waals surface area contributed by atoms with Crippen molar-refractivity contribution in [3.8, 4) is 0 Å². The molecule has 2 N–H and O–H groups in total. The Morgan fingerprint density at radius 3 is 1.78 bits per heavy atom. The average molecular weight is 132 g/mol. The van der Waals surface area contributed by atoms with Gasteiger partial charge in [-0.25, -0.2) is 0 Å². The molecule has 54 valence electrons. The van der Waals surface area contributed by atoms with Crippen molar-refractivity contribution in [1.29, 1.82) is 0 Å². The number of rotatable bonds is 4. The van der Waals surface area contributed by atoms with E-state index < -0.39 is 0 Å². The predicted molar refractivity (Wildman–Crippen MR) is 32.1 cm³/mol. The molecule has 0 spiro atoms. The third-order valence-corrected chi connectivity index (χ3v) is 1.51. The molecule has 3 heteroatoms. The Hall–Kier alpha value is -0.120. The van der Waals surface area contributed by atoms with Crippen molar-refractivity contribution in [3.63, 3.8) is 0 Å². The lowest BCUT2D eigenvalue weighted by atomic mass is 10.2. The number of hydrogen-bond donors (Lipinski definition) is 2. The van der Waals surface area contributed by atoms with E-state index >= 15 is 0 Å². The van der Waals surface area contributed by atoms with E-state index in [1.807, 2.05) is 0 Å². The standard InChI is InChI=1S/C6H12O3/c7-3-1-5-6(9-5)2-4-8/h5-8H,1-4H2/t5-,6+. The van der Waals surface area contributed by atoms with Gasteiger partial charge in [-0.3, -0.25) is 0 Å². The highest BCUT2D eigenvalue weighted by molar-refractivity contribution is 4.83. The molecule has 0 saturated carbocycles. The Morgan fingerprint density at radius 2 is 1.44 bits per heavy atom. The molecule has 0 unspecified atom stereocenters. The van der Waals surface area contributed by atoms with E-state index in [2.05, 4.69) is 0 Å². The van der Waals surface area contributed by atoms with E-state index in [4.69, 9.17) is 14.9 Å². The minimum Gasteiger partial charge on any atom is -0.396 e. The van der Waals surface area contributed by atoms with Gasteiger partial charge in [-0.1, -0.05) is 0 Å². The fraction of sp³-hybridized carbons (Fsp3) is 1.00. The van der Waals surface area contributed by atoms with E-state index in [1.54, 1.807) is 0 Å². The predicted octanol–water partition coefficient (Wildman–Crippen LogP) is -0.481. The Kier molecular flexibility index (Phi) is 2.45. The summed E-state index contributed by atoms with van der Waals surface area (Å²) in [5.74, 6) is 0. The number of hydrogen-bond acceptors (Lipinski definition) is 3. The zero-order valence-corrected chi connectivity index (χ0v) is 5.29. The van der Waals surface area contributed by atoms with Crippen LogP contribution in [0.5, 0.6) is 0 Å². The van der Waals surface area contributed by atoms with Crippen LogP contribution in [0.2, 0.25) is 0 Å². The molecule has 0 aliphatic carbocycles. The maximum atomic E-state index is 8.42. The van der Waals surface area contributed by atoms with Gasteiger partial charge in [0.25, 0.3) is 0 Å². The molecule has 1 saturated heterocycles. The highest BCUT2D eigenvalue weighted by atomic mass is 16.6. The van der Waals surface area contributed by atoms with E-state index in [0.717, 1.165) is 0 Å². The van der Waals surface area contributed by atoms with Crippen LogP contribution in [0.25, 0.3) is 0 Å². The van der Waals surface area contributed by atoms with Crippen molar-refractivity contribution in [3.05, 3.63) is 0 Å². The Balaban J connectivity index is 1.96. The zero-order chi connectivity index (χ0) is 6.69. The van der Waals surface area contributed by atoms with Gasteiger partial charge in [-0.2, -0.15) is 0 Å². The first kappa shape index (κ1) is 6.99. The van der Waals surface area contributed by atoms with Crippen LogP contribution in [-0.2, 0) is 4.74 Å². The van der Waals surface area contributed by atoms with Crippen molar-refractivity contribution >= 4 is 0 Å². The van der Waals surface area contributed by atoms with E-state index in [1.165, 1.54) is 0 Å². The molecule has 1 aliphatic heterocycles. The van der Waals surface area contributed by atoms with Crippen LogP contribution < -0.4 is 0 Å². The molecule has 1 aliphatic rings. The molecule has 0 radical (unpaired) electrons. The molecule has 0 amide bonds. The van der Waals surface area contributed by atoms with Crippen LogP contribution in [0, 0.1) is 0 Å². The minimum absolute atomic E-state index is 0.187. The summed E-state index contributed by atoms with van der Waals surface area (Å²) in [7, 11) is 0. The maximum Gasteiger partial charge on any atom is 0.0864 e. The van der Waals surface area contributed by atoms with Gasteiger partial charge in [0.2, 0.25) is 0 Å². The smallest absolute Gasteiger partial charge is 0.0864 e. The quantitative estimate of drug-likeness (QED) is 0.508. The highest BCUT2D eigenvalue weighted by Crippen LogP contribution is 2.27. The number of aliphatic hydroxyl groups excluding tert-OH is 2. The summed E-state index contributed by atoms with van der Waals surface area (Å²) in [5, 5.41) is 16.8. The van der Waals surface area contributed by atoms with Gasteiger partial charge in [-0.05, 0) is 12.8 Å². The fourth-order valence-corrected chi connectivity index (χ4v) is 0.942.